The molecule has 1 aliphatic carbocycles. The number of hydrogen-bond donors (Lipinski definition) is 1. The van der Waals surface area contributed by atoms with Crippen LogP contribution in [0.2, 0.25) is 0 Å². The molecule has 0 bridgehead atoms. The lowest BCUT2D eigenvalue weighted by molar-refractivity contribution is -0.386. The third kappa shape index (κ3) is 2.79. The van der Waals surface area contributed by atoms with Gasteiger partial charge in [-0.05, 0) is 50.9 Å². The number of ether oxygens (including phenoxy) is 1. The van der Waals surface area contributed by atoms with Gasteiger partial charge in [0, 0.05) is 6.07 Å². The summed E-state index contributed by atoms with van der Waals surface area (Å²) >= 11 is 0. The van der Waals surface area contributed by atoms with E-state index in [-0.39, 0.29) is 16.7 Å². The molecule has 2 rings (SSSR count). The van der Waals surface area contributed by atoms with Gasteiger partial charge in [-0.3, -0.25) is 10.1 Å². The maximum absolute atomic E-state index is 10.9. The van der Waals surface area contributed by atoms with Crippen molar-refractivity contribution in [2.75, 3.05) is 13.6 Å². The molecular formula is C13H18N2O3. The summed E-state index contributed by atoms with van der Waals surface area (Å²) in [7, 11) is 1.93. The van der Waals surface area contributed by atoms with Crippen LogP contribution in [0.5, 0.6) is 5.75 Å². The molecule has 1 aromatic rings. The maximum atomic E-state index is 10.9. The van der Waals surface area contributed by atoms with Gasteiger partial charge in [-0.1, -0.05) is 6.07 Å². The van der Waals surface area contributed by atoms with Crippen LogP contribution in [0.25, 0.3) is 0 Å². The Bertz CT molecular complexity index is 442. The Morgan fingerprint density at radius 1 is 1.50 bits per heavy atom. The molecule has 0 spiro atoms. The minimum Gasteiger partial charge on any atom is -0.483 e. The summed E-state index contributed by atoms with van der Waals surface area (Å²) in [6, 6.07) is 5.09. The van der Waals surface area contributed by atoms with E-state index in [2.05, 4.69) is 5.32 Å². The molecule has 18 heavy (non-hydrogen) atoms. The molecule has 98 valence electrons. The van der Waals surface area contributed by atoms with Gasteiger partial charge in [-0.15, -0.1) is 0 Å². The fourth-order valence-electron chi connectivity index (χ4n) is 2.28. The van der Waals surface area contributed by atoms with Crippen molar-refractivity contribution in [2.24, 2.45) is 5.92 Å². The number of nitrogens with zero attached hydrogens (tertiary/aromatic N) is 1. The van der Waals surface area contributed by atoms with E-state index in [1.165, 1.54) is 0 Å². The minimum atomic E-state index is -0.383. The van der Waals surface area contributed by atoms with Crippen LogP contribution >= 0.6 is 0 Å². The SMILES string of the molecule is CNCC1CC(Oc2ccc(C)cc2[N+](=O)[O-])C1. The summed E-state index contributed by atoms with van der Waals surface area (Å²) in [5, 5.41) is 14.1. The first-order valence-electron chi connectivity index (χ1n) is 6.16. The zero-order valence-electron chi connectivity index (χ0n) is 10.7. The summed E-state index contributed by atoms with van der Waals surface area (Å²) < 4.78 is 5.70. The van der Waals surface area contributed by atoms with Crippen LogP contribution in [-0.2, 0) is 0 Å². The van der Waals surface area contributed by atoms with Crippen LogP contribution in [0.1, 0.15) is 18.4 Å². The van der Waals surface area contributed by atoms with E-state index in [1.54, 1.807) is 12.1 Å². The van der Waals surface area contributed by atoms with Crippen molar-refractivity contribution in [3.8, 4) is 5.75 Å². The molecule has 0 aliphatic heterocycles. The van der Waals surface area contributed by atoms with Gasteiger partial charge < -0.3 is 10.1 Å². The summed E-state index contributed by atoms with van der Waals surface area (Å²) in [4.78, 5) is 10.6. The monoisotopic (exact) mass is 250 g/mol. The van der Waals surface area contributed by atoms with Crippen molar-refractivity contribution in [2.45, 2.75) is 25.9 Å². The zero-order valence-corrected chi connectivity index (χ0v) is 10.7. The molecule has 0 aromatic heterocycles. The van der Waals surface area contributed by atoms with Crippen molar-refractivity contribution in [3.63, 3.8) is 0 Å². The topological polar surface area (TPSA) is 64.4 Å². The highest BCUT2D eigenvalue weighted by molar-refractivity contribution is 5.48. The quantitative estimate of drug-likeness (QED) is 0.643. The molecule has 0 unspecified atom stereocenters. The van der Waals surface area contributed by atoms with Gasteiger partial charge in [-0.25, -0.2) is 0 Å². The number of nitrogens with one attached hydrogen (secondary N) is 1. The van der Waals surface area contributed by atoms with Crippen LogP contribution in [0.15, 0.2) is 18.2 Å². The first-order chi connectivity index (χ1) is 8.60. The van der Waals surface area contributed by atoms with Gasteiger partial charge in [0.05, 0.1) is 11.0 Å². The fraction of sp³-hybridized carbons (Fsp3) is 0.538. The van der Waals surface area contributed by atoms with Gasteiger partial charge >= 0.3 is 5.69 Å². The Balaban J connectivity index is 2.00. The van der Waals surface area contributed by atoms with E-state index in [0.717, 1.165) is 24.9 Å². The summed E-state index contributed by atoms with van der Waals surface area (Å²) in [5.41, 5.74) is 0.933. The largest absolute Gasteiger partial charge is 0.483 e. The second kappa shape index (κ2) is 5.35. The van der Waals surface area contributed by atoms with Crippen LogP contribution < -0.4 is 10.1 Å². The first kappa shape index (κ1) is 12.8. The van der Waals surface area contributed by atoms with E-state index in [1.807, 2.05) is 20.0 Å². The number of hydrogen-bond acceptors (Lipinski definition) is 4. The fourth-order valence-corrected chi connectivity index (χ4v) is 2.28. The summed E-state index contributed by atoms with van der Waals surface area (Å²) in [6.45, 7) is 2.82. The number of nitro groups is 1. The van der Waals surface area contributed by atoms with Crippen molar-refractivity contribution in [3.05, 3.63) is 33.9 Å². The number of aryl methyl sites for hydroxylation is 1. The first-order valence-corrected chi connectivity index (χ1v) is 6.16. The van der Waals surface area contributed by atoms with E-state index >= 15 is 0 Å². The average molecular weight is 250 g/mol. The van der Waals surface area contributed by atoms with E-state index in [9.17, 15) is 10.1 Å². The summed E-state index contributed by atoms with van der Waals surface area (Å²) in [6.07, 6.45) is 2.04. The van der Waals surface area contributed by atoms with Gasteiger partial charge in [0.2, 0.25) is 0 Å². The van der Waals surface area contributed by atoms with Gasteiger partial charge in [-0.2, -0.15) is 0 Å². The molecule has 0 heterocycles. The minimum absolute atomic E-state index is 0.0621. The molecule has 1 saturated carbocycles. The average Bonchev–Trinajstić information content (AvgIpc) is 2.28. The zero-order chi connectivity index (χ0) is 13.1. The molecular weight excluding hydrogens is 232 g/mol. The molecule has 5 nitrogen and oxygen atoms in total. The molecule has 1 aliphatic rings. The van der Waals surface area contributed by atoms with Crippen molar-refractivity contribution < 1.29 is 9.66 Å². The second-order valence-electron chi connectivity index (χ2n) is 4.86. The van der Waals surface area contributed by atoms with Crippen molar-refractivity contribution >= 4 is 5.69 Å². The molecule has 0 amide bonds. The third-order valence-electron chi connectivity index (χ3n) is 3.29. The van der Waals surface area contributed by atoms with E-state index in [4.69, 9.17) is 4.74 Å². The van der Waals surface area contributed by atoms with Crippen LogP contribution in [0.3, 0.4) is 0 Å². The lowest BCUT2D eigenvalue weighted by atomic mass is 9.82. The Labute approximate surface area is 106 Å². The molecule has 0 saturated heterocycles. The van der Waals surface area contributed by atoms with Gasteiger partial charge in [0.25, 0.3) is 0 Å². The standard InChI is InChI=1S/C13H18N2O3/c1-9-3-4-13(12(5-9)15(16)17)18-11-6-10(7-11)8-14-2/h3-5,10-11,14H,6-8H2,1-2H3. The normalized spacial score (nSPS) is 22.3. The Morgan fingerprint density at radius 2 is 2.22 bits per heavy atom. The predicted molar refractivity (Wildman–Crippen MR) is 68.9 cm³/mol. The smallest absolute Gasteiger partial charge is 0.311 e. The van der Waals surface area contributed by atoms with Crippen LogP contribution in [-0.4, -0.2) is 24.6 Å². The lowest BCUT2D eigenvalue weighted by Gasteiger charge is -2.35. The van der Waals surface area contributed by atoms with Crippen molar-refractivity contribution in [1.29, 1.82) is 0 Å². The molecule has 0 radical (unpaired) electrons. The number of nitro benzene ring substituents is 1. The third-order valence-corrected chi connectivity index (χ3v) is 3.29. The Morgan fingerprint density at radius 3 is 2.83 bits per heavy atom. The highest BCUT2D eigenvalue weighted by Crippen LogP contribution is 2.35. The molecule has 0 atom stereocenters. The summed E-state index contributed by atoms with van der Waals surface area (Å²) in [5.74, 6) is 1.02. The highest BCUT2D eigenvalue weighted by Gasteiger charge is 2.31. The second-order valence-corrected chi connectivity index (χ2v) is 4.86. The predicted octanol–water partition coefficient (Wildman–Crippen LogP) is 2.28. The van der Waals surface area contributed by atoms with E-state index in [0.29, 0.717) is 11.7 Å². The molecule has 5 heteroatoms. The van der Waals surface area contributed by atoms with E-state index < -0.39 is 0 Å². The Hall–Kier alpha value is -1.62. The number of rotatable bonds is 5. The lowest BCUT2D eigenvalue weighted by Crippen LogP contribution is -2.38. The van der Waals surface area contributed by atoms with Crippen molar-refractivity contribution in [1.82, 2.24) is 5.32 Å². The van der Waals surface area contributed by atoms with Gasteiger partial charge in [0.1, 0.15) is 0 Å². The highest BCUT2D eigenvalue weighted by atomic mass is 16.6. The molecule has 1 aromatic carbocycles. The maximum Gasteiger partial charge on any atom is 0.311 e. The van der Waals surface area contributed by atoms with Crippen LogP contribution in [0.4, 0.5) is 5.69 Å². The molecule has 1 fully saturated rings. The van der Waals surface area contributed by atoms with Crippen LogP contribution in [0, 0.1) is 23.0 Å². The Kier molecular flexibility index (Phi) is 3.81. The number of benzene rings is 1. The van der Waals surface area contributed by atoms with Gasteiger partial charge in [0.15, 0.2) is 5.75 Å². The molecule has 1 N–H and O–H groups in total.